The Bertz CT molecular complexity index is 1310. The van der Waals surface area contributed by atoms with Crippen LogP contribution in [-0.2, 0) is 7.05 Å². The fraction of sp³-hybridized carbons (Fsp3) is 0.320. The molecule has 1 aliphatic rings. The number of methoxy groups -OCH3 is 1. The minimum atomic E-state index is -0.724. The highest BCUT2D eigenvalue weighted by Crippen LogP contribution is 2.32. The summed E-state index contributed by atoms with van der Waals surface area (Å²) >= 11 is 0. The van der Waals surface area contributed by atoms with Gasteiger partial charge in [-0.3, -0.25) is 9.36 Å². The van der Waals surface area contributed by atoms with E-state index < -0.39 is 17.2 Å². The van der Waals surface area contributed by atoms with Gasteiger partial charge in [-0.1, -0.05) is 12.1 Å². The van der Waals surface area contributed by atoms with Gasteiger partial charge in [-0.2, -0.15) is 5.26 Å². The van der Waals surface area contributed by atoms with Crippen LogP contribution in [-0.4, -0.2) is 36.3 Å². The molecule has 2 heterocycles. The van der Waals surface area contributed by atoms with Gasteiger partial charge >= 0.3 is 0 Å². The lowest BCUT2D eigenvalue weighted by Gasteiger charge is -2.24. The van der Waals surface area contributed by atoms with E-state index in [1.807, 2.05) is 0 Å². The number of ether oxygens (including phenoxy) is 1. The Labute approximate surface area is 196 Å². The van der Waals surface area contributed by atoms with Gasteiger partial charge in [0.05, 0.1) is 23.9 Å². The van der Waals surface area contributed by atoms with Crippen LogP contribution in [0.5, 0.6) is 5.75 Å². The Morgan fingerprint density at radius 3 is 2.53 bits per heavy atom. The lowest BCUT2D eigenvalue weighted by Crippen LogP contribution is -2.32. The second-order valence-corrected chi connectivity index (χ2v) is 8.25. The zero-order valence-corrected chi connectivity index (χ0v) is 19.0. The lowest BCUT2D eigenvalue weighted by molar-refractivity contribution is 0.386. The molecule has 0 radical (unpaired) electrons. The van der Waals surface area contributed by atoms with Crippen LogP contribution >= 0.6 is 0 Å². The highest BCUT2D eigenvalue weighted by atomic mass is 19.1. The fourth-order valence-corrected chi connectivity index (χ4v) is 4.13. The predicted octanol–water partition coefficient (Wildman–Crippen LogP) is 3.68. The van der Waals surface area contributed by atoms with Crippen molar-refractivity contribution in [3.05, 3.63) is 63.9 Å². The average Bonchev–Trinajstić information content (AvgIpc) is 2.85. The number of nitrogens with one attached hydrogen (secondary N) is 2. The van der Waals surface area contributed by atoms with Crippen molar-refractivity contribution < 1.29 is 13.5 Å². The fourth-order valence-electron chi connectivity index (χ4n) is 4.13. The standard InChI is InChI=1S/C25H25F2N5O2/c1-32-24(33)22(16-5-6-21(34-2)20(27)11-16)23(17-3-4-18(13-28)19(26)12-17)31-25(32)30-14-15-7-9-29-10-8-15/h3-6,11-12,15,29H,7-10,14H2,1-2H3,(H,30,31). The SMILES string of the molecule is COc1ccc(-c2c(-c3ccc(C#N)c(F)c3)nc(NCC3CCNCC3)n(C)c2=O)cc1F. The Balaban J connectivity index is 1.85. The summed E-state index contributed by atoms with van der Waals surface area (Å²) in [4.78, 5) is 18.1. The Hall–Kier alpha value is -3.77. The minimum absolute atomic E-state index is 0.0414. The van der Waals surface area contributed by atoms with Crippen molar-refractivity contribution in [3.8, 4) is 34.2 Å². The molecule has 1 aliphatic heterocycles. The van der Waals surface area contributed by atoms with Crippen molar-refractivity contribution in [1.29, 1.82) is 5.26 Å². The van der Waals surface area contributed by atoms with Crippen molar-refractivity contribution >= 4 is 5.95 Å². The average molecular weight is 466 g/mol. The molecule has 7 nitrogen and oxygen atoms in total. The van der Waals surface area contributed by atoms with Crippen molar-refractivity contribution in [2.75, 3.05) is 32.1 Å². The quantitative estimate of drug-likeness (QED) is 0.577. The molecule has 1 fully saturated rings. The highest BCUT2D eigenvalue weighted by molar-refractivity contribution is 5.81. The van der Waals surface area contributed by atoms with Crippen LogP contribution in [0.3, 0.4) is 0 Å². The van der Waals surface area contributed by atoms with Crippen molar-refractivity contribution in [3.63, 3.8) is 0 Å². The molecule has 0 saturated carbocycles. The Morgan fingerprint density at radius 2 is 1.88 bits per heavy atom. The molecule has 0 spiro atoms. The van der Waals surface area contributed by atoms with Crippen LogP contribution < -0.4 is 20.9 Å². The van der Waals surface area contributed by atoms with E-state index in [2.05, 4.69) is 15.6 Å². The number of benzene rings is 2. The van der Waals surface area contributed by atoms with E-state index in [-0.39, 0.29) is 28.1 Å². The minimum Gasteiger partial charge on any atom is -0.494 e. The smallest absolute Gasteiger partial charge is 0.263 e. The molecule has 1 saturated heterocycles. The summed E-state index contributed by atoms with van der Waals surface area (Å²) in [6.45, 7) is 2.52. The number of anilines is 1. The van der Waals surface area contributed by atoms with Gasteiger partial charge in [-0.15, -0.1) is 0 Å². The van der Waals surface area contributed by atoms with Crippen LogP contribution in [0.1, 0.15) is 18.4 Å². The first kappa shape index (κ1) is 23.4. The molecule has 1 aromatic heterocycles. The maximum atomic E-state index is 14.5. The van der Waals surface area contributed by atoms with Crippen molar-refractivity contribution in [2.24, 2.45) is 13.0 Å². The van der Waals surface area contributed by atoms with Gasteiger partial charge in [0, 0.05) is 19.2 Å². The zero-order chi connectivity index (χ0) is 24.2. The Morgan fingerprint density at radius 1 is 1.18 bits per heavy atom. The monoisotopic (exact) mass is 465 g/mol. The molecular weight excluding hydrogens is 440 g/mol. The maximum Gasteiger partial charge on any atom is 0.263 e. The summed E-state index contributed by atoms with van der Waals surface area (Å²) in [5.74, 6) is -0.546. The number of nitriles is 1. The number of piperidine rings is 1. The summed E-state index contributed by atoms with van der Waals surface area (Å²) in [5.41, 5.74) is 0.395. The van der Waals surface area contributed by atoms with Gasteiger partial charge in [0.2, 0.25) is 5.95 Å². The molecule has 0 amide bonds. The molecule has 2 aromatic carbocycles. The van der Waals surface area contributed by atoms with Crippen molar-refractivity contribution in [2.45, 2.75) is 12.8 Å². The molecule has 34 heavy (non-hydrogen) atoms. The molecule has 0 atom stereocenters. The van der Waals surface area contributed by atoms with E-state index in [0.717, 1.165) is 25.9 Å². The number of rotatable bonds is 6. The molecular formula is C25H25F2N5O2. The van der Waals surface area contributed by atoms with E-state index in [1.165, 1.54) is 42.0 Å². The topological polar surface area (TPSA) is 92.0 Å². The normalized spacial score (nSPS) is 14.0. The maximum absolute atomic E-state index is 14.5. The number of nitrogens with zero attached hydrogens (tertiary/aromatic N) is 3. The summed E-state index contributed by atoms with van der Waals surface area (Å²) in [5, 5.41) is 15.7. The van der Waals surface area contributed by atoms with Gasteiger partial charge in [-0.05, 0) is 61.7 Å². The second-order valence-electron chi connectivity index (χ2n) is 8.25. The molecule has 0 unspecified atom stereocenters. The molecule has 9 heteroatoms. The molecule has 4 rings (SSSR count). The van der Waals surface area contributed by atoms with E-state index in [9.17, 15) is 13.6 Å². The van der Waals surface area contributed by atoms with E-state index in [0.29, 0.717) is 24.0 Å². The first-order valence-corrected chi connectivity index (χ1v) is 11.0. The molecule has 0 bridgehead atoms. The predicted molar refractivity (Wildman–Crippen MR) is 126 cm³/mol. The summed E-state index contributed by atoms with van der Waals surface area (Å²) in [6, 6.07) is 10.0. The highest BCUT2D eigenvalue weighted by Gasteiger charge is 2.21. The van der Waals surface area contributed by atoms with Crippen molar-refractivity contribution in [1.82, 2.24) is 14.9 Å². The first-order chi connectivity index (χ1) is 16.4. The van der Waals surface area contributed by atoms with Gasteiger partial charge in [0.1, 0.15) is 11.9 Å². The van der Waals surface area contributed by atoms with Gasteiger partial charge in [-0.25, -0.2) is 13.8 Å². The molecule has 176 valence electrons. The second kappa shape index (κ2) is 10.0. The van der Waals surface area contributed by atoms with E-state index >= 15 is 0 Å². The van der Waals surface area contributed by atoms with Gasteiger partial charge < -0.3 is 15.4 Å². The van der Waals surface area contributed by atoms with Crippen LogP contribution in [0.4, 0.5) is 14.7 Å². The van der Waals surface area contributed by atoms with Gasteiger partial charge in [0.25, 0.3) is 5.56 Å². The van der Waals surface area contributed by atoms with Gasteiger partial charge in [0.15, 0.2) is 11.6 Å². The summed E-state index contributed by atoms with van der Waals surface area (Å²) < 4.78 is 35.3. The number of hydrogen-bond donors (Lipinski definition) is 2. The molecule has 0 aliphatic carbocycles. The third kappa shape index (κ3) is 4.63. The van der Waals surface area contributed by atoms with Crippen LogP contribution in [0.2, 0.25) is 0 Å². The molecule has 2 N–H and O–H groups in total. The third-order valence-corrected chi connectivity index (χ3v) is 6.10. The number of aromatic nitrogens is 2. The molecule has 3 aromatic rings. The number of halogens is 2. The number of hydrogen-bond acceptors (Lipinski definition) is 6. The largest absolute Gasteiger partial charge is 0.494 e. The zero-order valence-electron chi connectivity index (χ0n) is 19.0. The third-order valence-electron chi connectivity index (χ3n) is 6.10. The van der Waals surface area contributed by atoms with Crippen LogP contribution in [0.15, 0.2) is 41.2 Å². The summed E-state index contributed by atoms with van der Waals surface area (Å²) in [6.07, 6.45) is 2.02. The van der Waals surface area contributed by atoms with Crippen LogP contribution in [0.25, 0.3) is 22.4 Å². The first-order valence-electron chi connectivity index (χ1n) is 11.0. The van der Waals surface area contributed by atoms with E-state index in [1.54, 1.807) is 19.2 Å². The summed E-state index contributed by atoms with van der Waals surface area (Å²) in [7, 11) is 2.94. The Kier molecular flexibility index (Phi) is 6.89. The van der Waals surface area contributed by atoms with E-state index in [4.69, 9.17) is 10.00 Å². The van der Waals surface area contributed by atoms with Crippen LogP contribution in [0, 0.1) is 28.9 Å². The lowest BCUT2D eigenvalue weighted by atomic mass is 9.98.